The van der Waals surface area contributed by atoms with Crippen LogP contribution in [0.5, 0.6) is 0 Å². The zero-order valence-corrected chi connectivity index (χ0v) is 16.1. The molecule has 0 bridgehead atoms. The number of piperazine rings is 1. The maximum Gasteiger partial charge on any atom is 0.253 e. The van der Waals surface area contributed by atoms with E-state index < -0.39 is 0 Å². The summed E-state index contributed by atoms with van der Waals surface area (Å²) in [6.45, 7) is 8.91. The van der Waals surface area contributed by atoms with E-state index in [2.05, 4.69) is 10.5 Å². The van der Waals surface area contributed by atoms with Crippen molar-refractivity contribution in [1.82, 2.24) is 15.0 Å². The number of benzene rings is 1. The van der Waals surface area contributed by atoms with Crippen LogP contribution in [0.2, 0.25) is 0 Å². The van der Waals surface area contributed by atoms with Crippen molar-refractivity contribution in [3.8, 4) is 0 Å². The van der Waals surface area contributed by atoms with Crippen LogP contribution < -0.4 is 5.32 Å². The summed E-state index contributed by atoms with van der Waals surface area (Å²) in [7, 11) is 0. The third kappa shape index (κ3) is 4.95. The van der Waals surface area contributed by atoms with Gasteiger partial charge in [0.25, 0.3) is 5.91 Å². The summed E-state index contributed by atoms with van der Waals surface area (Å²) in [5.74, 6) is 0.258. The molecule has 1 aliphatic heterocycles. The van der Waals surface area contributed by atoms with Crippen LogP contribution in [0.3, 0.4) is 0 Å². The Bertz CT molecular complexity index is 787. The van der Waals surface area contributed by atoms with Gasteiger partial charge in [0.2, 0.25) is 11.8 Å². The van der Waals surface area contributed by atoms with Gasteiger partial charge in [0.15, 0.2) is 0 Å². The Kier molecular flexibility index (Phi) is 5.60. The molecule has 1 fully saturated rings. The molecule has 1 aliphatic rings. The minimum Gasteiger partial charge on any atom is -0.338 e. The number of aromatic nitrogens is 1. The Hall–Kier alpha value is -2.67. The van der Waals surface area contributed by atoms with E-state index in [4.69, 9.17) is 4.52 Å². The molecule has 0 aliphatic carbocycles. The van der Waals surface area contributed by atoms with E-state index in [0.29, 0.717) is 37.6 Å². The van der Waals surface area contributed by atoms with Crippen LogP contribution in [0.15, 0.2) is 40.9 Å². The zero-order valence-electron chi connectivity index (χ0n) is 16.1. The molecule has 2 heterocycles. The Balaban J connectivity index is 1.47. The van der Waals surface area contributed by atoms with E-state index in [1.54, 1.807) is 6.07 Å². The minimum absolute atomic E-state index is 0.0380. The highest BCUT2D eigenvalue weighted by Gasteiger charge is 2.24. The molecule has 0 atom stereocenters. The van der Waals surface area contributed by atoms with E-state index >= 15 is 0 Å². The third-order valence-corrected chi connectivity index (χ3v) is 4.59. The van der Waals surface area contributed by atoms with Crippen LogP contribution in [0.25, 0.3) is 0 Å². The Morgan fingerprint density at radius 3 is 2.37 bits per heavy atom. The molecular weight excluding hydrogens is 344 g/mol. The molecule has 0 radical (unpaired) electrons. The van der Waals surface area contributed by atoms with Gasteiger partial charge >= 0.3 is 0 Å². The smallest absolute Gasteiger partial charge is 0.253 e. The fourth-order valence-corrected chi connectivity index (χ4v) is 2.94. The van der Waals surface area contributed by atoms with E-state index in [1.807, 2.05) is 60.9 Å². The topological polar surface area (TPSA) is 78.7 Å². The van der Waals surface area contributed by atoms with Crippen molar-refractivity contribution in [2.45, 2.75) is 26.2 Å². The van der Waals surface area contributed by atoms with Gasteiger partial charge in [-0.3, -0.25) is 19.8 Å². The van der Waals surface area contributed by atoms with Crippen LogP contribution in [-0.4, -0.2) is 59.5 Å². The molecule has 27 heavy (non-hydrogen) atoms. The van der Waals surface area contributed by atoms with Gasteiger partial charge in [0.1, 0.15) is 0 Å². The fraction of sp³-hybridized carbons (Fsp3) is 0.450. The van der Waals surface area contributed by atoms with Crippen LogP contribution in [0.1, 0.15) is 36.8 Å². The average molecular weight is 370 g/mol. The largest absolute Gasteiger partial charge is 0.338 e. The summed E-state index contributed by atoms with van der Waals surface area (Å²) >= 11 is 0. The third-order valence-electron chi connectivity index (χ3n) is 4.59. The van der Waals surface area contributed by atoms with Crippen LogP contribution in [0.4, 0.5) is 5.88 Å². The highest BCUT2D eigenvalue weighted by Crippen LogP contribution is 2.23. The first-order valence-corrected chi connectivity index (χ1v) is 9.16. The Labute approximate surface area is 159 Å². The lowest BCUT2D eigenvalue weighted by atomic mass is 9.92. The van der Waals surface area contributed by atoms with Gasteiger partial charge in [0.05, 0.1) is 12.2 Å². The lowest BCUT2D eigenvalue weighted by Crippen LogP contribution is -2.50. The van der Waals surface area contributed by atoms with Crippen molar-refractivity contribution in [2.24, 2.45) is 0 Å². The molecule has 7 heteroatoms. The summed E-state index contributed by atoms with van der Waals surface area (Å²) in [5, 5.41) is 6.75. The van der Waals surface area contributed by atoms with Gasteiger partial charge in [-0.15, -0.1) is 0 Å². The number of carbonyl (C=O) groups is 2. The number of carbonyl (C=O) groups excluding carboxylic acids is 2. The quantitative estimate of drug-likeness (QED) is 0.894. The van der Waals surface area contributed by atoms with Crippen molar-refractivity contribution in [1.29, 1.82) is 0 Å². The normalized spacial score (nSPS) is 15.6. The van der Waals surface area contributed by atoms with Crippen molar-refractivity contribution < 1.29 is 14.1 Å². The molecule has 0 spiro atoms. The molecule has 1 saturated heterocycles. The Morgan fingerprint density at radius 1 is 1.11 bits per heavy atom. The standard InChI is InChI=1S/C20H26N4O3/c1-20(2,3)16-13-18(27-22-16)21-17(25)14-23-9-11-24(12-10-23)19(26)15-7-5-4-6-8-15/h4-8,13H,9-12,14H2,1-3H3,(H,21,25). The van der Waals surface area contributed by atoms with Gasteiger partial charge in [-0.1, -0.05) is 44.1 Å². The summed E-state index contributed by atoms with van der Waals surface area (Å²) in [4.78, 5) is 28.6. The molecule has 1 aromatic carbocycles. The molecule has 2 aromatic rings. The molecule has 0 unspecified atom stereocenters. The average Bonchev–Trinajstić information content (AvgIpc) is 3.11. The second-order valence-electron chi connectivity index (χ2n) is 7.81. The lowest BCUT2D eigenvalue weighted by Gasteiger charge is -2.34. The number of anilines is 1. The van der Waals surface area contributed by atoms with Gasteiger partial charge in [-0.2, -0.15) is 0 Å². The van der Waals surface area contributed by atoms with Gasteiger partial charge < -0.3 is 9.42 Å². The summed E-state index contributed by atoms with van der Waals surface area (Å²) in [5.41, 5.74) is 1.36. The number of nitrogens with one attached hydrogen (secondary N) is 1. The first-order valence-electron chi connectivity index (χ1n) is 9.16. The highest BCUT2D eigenvalue weighted by atomic mass is 16.5. The second kappa shape index (κ2) is 7.92. The van der Waals surface area contributed by atoms with Crippen molar-refractivity contribution in [3.63, 3.8) is 0 Å². The first kappa shape index (κ1) is 19.1. The first-order chi connectivity index (χ1) is 12.8. The van der Waals surface area contributed by atoms with Crippen molar-refractivity contribution in [3.05, 3.63) is 47.7 Å². The van der Waals surface area contributed by atoms with E-state index in [9.17, 15) is 9.59 Å². The van der Waals surface area contributed by atoms with Gasteiger partial charge in [0, 0.05) is 43.2 Å². The number of nitrogens with zero attached hydrogens (tertiary/aromatic N) is 3. The summed E-state index contributed by atoms with van der Waals surface area (Å²) < 4.78 is 5.20. The van der Waals surface area contributed by atoms with Crippen LogP contribution >= 0.6 is 0 Å². The number of hydrogen-bond donors (Lipinski definition) is 1. The molecule has 1 N–H and O–H groups in total. The minimum atomic E-state index is -0.144. The van der Waals surface area contributed by atoms with E-state index in [1.165, 1.54) is 0 Å². The monoisotopic (exact) mass is 370 g/mol. The van der Waals surface area contributed by atoms with Crippen LogP contribution in [0, 0.1) is 0 Å². The summed E-state index contributed by atoms with van der Waals surface area (Å²) in [6, 6.07) is 11.0. The number of rotatable bonds is 4. The maximum absolute atomic E-state index is 12.5. The predicted molar refractivity (Wildman–Crippen MR) is 103 cm³/mol. The fourth-order valence-electron chi connectivity index (χ4n) is 2.94. The van der Waals surface area contributed by atoms with Crippen molar-refractivity contribution in [2.75, 3.05) is 38.0 Å². The number of hydrogen-bond acceptors (Lipinski definition) is 5. The predicted octanol–water partition coefficient (Wildman–Crippen LogP) is 2.37. The maximum atomic E-state index is 12.5. The molecule has 0 saturated carbocycles. The van der Waals surface area contributed by atoms with E-state index in [-0.39, 0.29) is 23.8 Å². The highest BCUT2D eigenvalue weighted by molar-refractivity contribution is 5.94. The zero-order chi connectivity index (χ0) is 19.4. The summed E-state index contributed by atoms with van der Waals surface area (Å²) in [6.07, 6.45) is 0. The number of amides is 2. The molecule has 7 nitrogen and oxygen atoms in total. The molecule has 144 valence electrons. The lowest BCUT2D eigenvalue weighted by molar-refractivity contribution is -0.117. The molecular formula is C20H26N4O3. The molecule has 2 amide bonds. The van der Waals surface area contributed by atoms with Crippen LogP contribution in [-0.2, 0) is 10.2 Å². The molecule has 1 aromatic heterocycles. The second-order valence-corrected chi connectivity index (χ2v) is 7.81. The molecule has 3 rings (SSSR count). The SMILES string of the molecule is CC(C)(C)c1cc(NC(=O)CN2CCN(C(=O)c3ccccc3)CC2)on1. The Morgan fingerprint density at radius 2 is 1.78 bits per heavy atom. The van der Waals surface area contributed by atoms with E-state index in [0.717, 1.165) is 5.69 Å². The van der Waals surface area contributed by atoms with Gasteiger partial charge in [-0.05, 0) is 12.1 Å². The van der Waals surface area contributed by atoms with Gasteiger partial charge in [-0.25, -0.2) is 0 Å². The van der Waals surface area contributed by atoms with Crippen molar-refractivity contribution >= 4 is 17.7 Å².